The van der Waals surface area contributed by atoms with Crippen LogP contribution in [0.25, 0.3) is 10.9 Å². The fourth-order valence-electron chi connectivity index (χ4n) is 4.78. The Hall–Kier alpha value is -3.61. The number of carbonyl (C=O) groups is 3. The number of nitrogens with zero attached hydrogens (tertiary/aromatic N) is 2. The van der Waals surface area contributed by atoms with E-state index >= 15 is 0 Å². The minimum absolute atomic E-state index is 0.145. The van der Waals surface area contributed by atoms with Crippen molar-refractivity contribution in [2.45, 2.75) is 45.2 Å². The number of benzene rings is 2. The molecule has 0 radical (unpaired) electrons. The molecule has 2 aromatic carbocycles. The summed E-state index contributed by atoms with van der Waals surface area (Å²) in [6.07, 6.45) is 3.77. The minimum Gasteiger partial charge on any atom is -0.345 e. The number of hydrogen-bond acceptors (Lipinski definition) is 3. The average molecular weight is 431 g/mol. The molecule has 2 N–H and O–H groups in total. The van der Waals surface area contributed by atoms with Crippen molar-refractivity contribution < 1.29 is 14.4 Å². The van der Waals surface area contributed by atoms with E-state index in [2.05, 4.69) is 35.1 Å². The number of para-hydroxylation sites is 1. The summed E-state index contributed by atoms with van der Waals surface area (Å²) in [5.41, 5.74) is 3.52. The van der Waals surface area contributed by atoms with Gasteiger partial charge in [0.2, 0.25) is 11.8 Å². The number of fused-ring (bicyclic) bond motifs is 3. The molecule has 1 aromatic heterocycles. The second kappa shape index (κ2) is 7.82. The molecule has 3 heterocycles. The third kappa shape index (κ3) is 3.43. The first-order valence-corrected chi connectivity index (χ1v) is 11.1. The second-order valence-corrected chi connectivity index (χ2v) is 8.80. The lowest BCUT2D eigenvalue weighted by molar-refractivity contribution is -0.119. The summed E-state index contributed by atoms with van der Waals surface area (Å²) in [7, 11) is 0. The predicted octanol–water partition coefficient (Wildman–Crippen LogP) is 3.96. The van der Waals surface area contributed by atoms with E-state index < -0.39 is 6.04 Å². The minimum atomic E-state index is -0.411. The molecule has 0 saturated carbocycles. The Kier molecular flexibility index (Phi) is 4.96. The molecule has 1 fully saturated rings. The summed E-state index contributed by atoms with van der Waals surface area (Å²) in [5, 5.41) is 6.85. The standard InChI is InChI=1S/C25H26N4O3/c1-15(2)29-14-16(18-6-3-4-7-21(18)29)12-23(30)26-17-9-10-20-19(13-17)25(32)28-11-5-8-22(28)24(31)27-20/h3-4,6-7,9-10,13-15,22H,5,8,11-12H2,1-2H3,(H,26,30)(H,27,31). The second-order valence-electron chi connectivity index (χ2n) is 8.80. The number of amides is 3. The summed E-state index contributed by atoms with van der Waals surface area (Å²) in [6.45, 7) is 4.81. The van der Waals surface area contributed by atoms with Crippen LogP contribution in [-0.4, -0.2) is 39.8 Å². The molecule has 3 aromatic rings. The SMILES string of the molecule is CC(C)n1cc(CC(=O)Nc2ccc3c(c2)C(=O)N2CCCC2C(=O)N3)c2ccccc21. The van der Waals surface area contributed by atoms with Crippen molar-refractivity contribution >= 4 is 40.0 Å². The zero-order valence-corrected chi connectivity index (χ0v) is 18.2. The van der Waals surface area contributed by atoms with Crippen LogP contribution in [0.1, 0.15) is 48.7 Å². The molecule has 0 aliphatic carbocycles. The average Bonchev–Trinajstić information content (AvgIpc) is 3.38. The molecule has 2 aliphatic rings. The lowest BCUT2D eigenvalue weighted by atomic mass is 10.1. The van der Waals surface area contributed by atoms with Gasteiger partial charge in [0, 0.05) is 35.4 Å². The van der Waals surface area contributed by atoms with Gasteiger partial charge in [-0.1, -0.05) is 18.2 Å². The Morgan fingerprint density at radius 2 is 2.00 bits per heavy atom. The quantitative estimate of drug-likeness (QED) is 0.657. The van der Waals surface area contributed by atoms with E-state index in [4.69, 9.17) is 0 Å². The van der Waals surface area contributed by atoms with Crippen LogP contribution >= 0.6 is 0 Å². The van der Waals surface area contributed by atoms with Crippen LogP contribution in [0.3, 0.4) is 0 Å². The highest BCUT2D eigenvalue weighted by molar-refractivity contribution is 6.11. The monoisotopic (exact) mass is 430 g/mol. The van der Waals surface area contributed by atoms with Gasteiger partial charge in [0.05, 0.1) is 17.7 Å². The molecule has 7 heteroatoms. The fraction of sp³-hybridized carbons (Fsp3) is 0.320. The first-order chi connectivity index (χ1) is 15.4. The van der Waals surface area contributed by atoms with Gasteiger partial charge in [-0.05, 0) is 56.5 Å². The van der Waals surface area contributed by atoms with E-state index in [9.17, 15) is 14.4 Å². The zero-order chi connectivity index (χ0) is 22.4. The van der Waals surface area contributed by atoms with Crippen LogP contribution in [0.4, 0.5) is 11.4 Å². The summed E-state index contributed by atoms with van der Waals surface area (Å²) in [6, 6.07) is 13.0. The van der Waals surface area contributed by atoms with Crippen molar-refractivity contribution in [1.29, 1.82) is 0 Å². The summed E-state index contributed by atoms with van der Waals surface area (Å²) >= 11 is 0. The highest BCUT2D eigenvalue weighted by atomic mass is 16.2. The van der Waals surface area contributed by atoms with Crippen LogP contribution < -0.4 is 10.6 Å². The van der Waals surface area contributed by atoms with Crippen molar-refractivity contribution in [2.24, 2.45) is 0 Å². The number of rotatable bonds is 4. The smallest absolute Gasteiger partial charge is 0.256 e. The fourth-order valence-corrected chi connectivity index (χ4v) is 4.78. The number of carbonyl (C=O) groups excluding carboxylic acids is 3. The van der Waals surface area contributed by atoms with Gasteiger partial charge in [0.1, 0.15) is 6.04 Å². The largest absolute Gasteiger partial charge is 0.345 e. The topological polar surface area (TPSA) is 83.4 Å². The van der Waals surface area contributed by atoms with Gasteiger partial charge in [-0.3, -0.25) is 14.4 Å². The number of hydrogen-bond donors (Lipinski definition) is 2. The maximum atomic E-state index is 13.0. The van der Waals surface area contributed by atoms with E-state index in [1.54, 1.807) is 23.1 Å². The molecular formula is C25H26N4O3. The Morgan fingerprint density at radius 3 is 2.81 bits per heavy atom. The molecule has 5 rings (SSSR count). The number of nitrogens with one attached hydrogen (secondary N) is 2. The summed E-state index contributed by atoms with van der Waals surface area (Å²) in [5.74, 6) is -0.467. The molecule has 32 heavy (non-hydrogen) atoms. The van der Waals surface area contributed by atoms with E-state index in [1.165, 1.54) is 0 Å². The number of aromatic nitrogens is 1. The molecule has 0 spiro atoms. The predicted molar refractivity (Wildman–Crippen MR) is 124 cm³/mol. The van der Waals surface area contributed by atoms with Crippen LogP contribution in [-0.2, 0) is 16.0 Å². The van der Waals surface area contributed by atoms with Gasteiger partial charge < -0.3 is 20.1 Å². The molecule has 0 bridgehead atoms. The lowest BCUT2D eigenvalue weighted by Gasteiger charge is -2.20. The molecular weight excluding hydrogens is 404 g/mol. The molecule has 7 nitrogen and oxygen atoms in total. The first-order valence-electron chi connectivity index (χ1n) is 11.1. The third-order valence-corrected chi connectivity index (χ3v) is 6.34. The maximum absolute atomic E-state index is 13.0. The van der Waals surface area contributed by atoms with Crippen LogP contribution in [0.15, 0.2) is 48.7 Å². The number of anilines is 2. The lowest BCUT2D eigenvalue weighted by Crippen LogP contribution is -2.40. The van der Waals surface area contributed by atoms with Crippen LogP contribution in [0.5, 0.6) is 0 Å². The Morgan fingerprint density at radius 1 is 1.19 bits per heavy atom. The normalized spacial score (nSPS) is 17.8. The first kappa shape index (κ1) is 20.3. The highest BCUT2D eigenvalue weighted by Crippen LogP contribution is 2.31. The van der Waals surface area contributed by atoms with Gasteiger partial charge in [-0.15, -0.1) is 0 Å². The van der Waals surface area contributed by atoms with Crippen LogP contribution in [0.2, 0.25) is 0 Å². The Labute approximate surface area is 186 Å². The summed E-state index contributed by atoms with van der Waals surface area (Å²) < 4.78 is 2.17. The molecule has 2 aliphatic heterocycles. The van der Waals surface area contributed by atoms with Gasteiger partial charge in [-0.25, -0.2) is 0 Å². The highest BCUT2D eigenvalue weighted by Gasteiger charge is 2.38. The van der Waals surface area contributed by atoms with Gasteiger partial charge in [-0.2, -0.15) is 0 Å². The van der Waals surface area contributed by atoms with Gasteiger partial charge in [0.25, 0.3) is 5.91 Å². The van der Waals surface area contributed by atoms with Crippen molar-refractivity contribution in [1.82, 2.24) is 9.47 Å². The van der Waals surface area contributed by atoms with Gasteiger partial charge in [0.15, 0.2) is 0 Å². The van der Waals surface area contributed by atoms with E-state index in [0.717, 1.165) is 22.9 Å². The van der Waals surface area contributed by atoms with Crippen molar-refractivity contribution in [2.75, 3.05) is 17.2 Å². The molecule has 1 saturated heterocycles. The Balaban J connectivity index is 1.39. The van der Waals surface area contributed by atoms with Crippen molar-refractivity contribution in [3.05, 3.63) is 59.8 Å². The van der Waals surface area contributed by atoms with E-state index in [1.807, 2.05) is 24.4 Å². The Bertz CT molecular complexity index is 1240. The molecule has 1 unspecified atom stereocenters. The summed E-state index contributed by atoms with van der Waals surface area (Å²) in [4.78, 5) is 40.0. The van der Waals surface area contributed by atoms with Crippen molar-refractivity contribution in [3.63, 3.8) is 0 Å². The molecule has 3 amide bonds. The van der Waals surface area contributed by atoms with E-state index in [-0.39, 0.29) is 30.2 Å². The zero-order valence-electron chi connectivity index (χ0n) is 18.2. The molecule has 164 valence electrons. The van der Waals surface area contributed by atoms with Gasteiger partial charge >= 0.3 is 0 Å². The van der Waals surface area contributed by atoms with E-state index in [0.29, 0.717) is 29.9 Å². The van der Waals surface area contributed by atoms with Crippen molar-refractivity contribution in [3.8, 4) is 0 Å². The third-order valence-electron chi connectivity index (χ3n) is 6.34. The van der Waals surface area contributed by atoms with Crippen LogP contribution in [0, 0.1) is 0 Å². The molecule has 1 atom stereocenters. The maximum Gasteiger partial charge on any atom is 0.256 e.